The minimum atomic E-state index is 0.574. The molecule has 2 heterocycles. The number of rotatable bonds is 6. The van der Waals surface area contributed by atoms with Crippen LogP contribution in [0.4, 0.5) is 17.1 Å². The number of nitrogens with zero attached hydrogens (tertiary/aromatic N) is 2. The Morgan fingerprint density at radius 2 is 1.04 bits per heavy atom. The molecule has 10 rings (SSSR count). The molecule has 0 fully saturated rings. The van der Waals surface area contributed by atoms with Gasteiger partial charge in [-0.2, -0.15) is 0 Å². The van der Waals surface area contributed by atoms with Crippen LogP contribution in [-0.2, 0) is 0 Å². The summed E-state index contributed by atoms with van der Waals surface area (Å²) in [5.74, 6) is 0.574. The summed E-state index contributed by atoms with van der Waals surface area (Å²) >= 11 is 0. The summed E-state index contributed by atoms with van der Waals surface area (Å²) < 4.78 is 12.7. The molecule has 0 unspecified atom stereocenters. The van der Waals surface area contributed by atoms with Gasteiger partial charge in [0.25, 0.3) is 0 Å². The third-order valence-electron chi connectivity index (χ3n) is 9.68. The van der Waals surface area contributed by atoms with E-state index in [0.717, 1.165) is 66.8 Å². The number of furan rings is 1. The molecule has 8 aromatic carbocycles. The molecule has 0 aliphatic rings. The van der Waals surface area contributed by atoms with E-state index in [2.05, 4.69) is 150 Å². The second-order valence-electron chi connectivity index (χ2n) is 12.8. The maximum absolute atomic E-state index is 6.44. The molecule has 240 valence electrons. The van der Waals surface area contributed by atoms with E-state index in [9.17, 15) is 0 Å². The van der Waals surface area contributed by atoms with Crippen molar-refractivity contribution in [1.29, 1.82) is 0 Å². The van der Waals surface area contributed by atoms with Crippen molar-refractivity contribution in [1.82, 2.24) is 4.98 Å². The number of fused-ring (bicyclic) bond motifs is 5. The fourth-order valence-corrected chi connectivity index (χ4v) is 7.31. The van der Waals surface area contributed by atoms with E-state index in [0.29, 0.717) is 5.89 Å². The van der Waals surface area contributed by atoms with Crippen LogP contribution in [0.1, 0.15) is 0 Å². The topological polar surface area (TPSA) is 42.4 Å². The van der Waals surface area contributed by atoms with E-state index in [4.69, 9.17) is 13.8 Å². The summed E-state index contributed by atoms with van der Waals surface area (Å²) in [6, 6.07) is 63.6. The average molecular weight is 655 g/mol. The number of anilines is 3. The molecule has 4 nitrogen and oxygen atoms in total. The molecular formula is C47H30N2O2. The van der Waals surface area contributed by atoms with E-state index in [-0.39, 0.29) is 0 Å². The maximum Gasteiger partial charge on any atom is 0.228 e. The molecule has 0 saturated carbocycles. The maximum atomic E-state index is 6.44. The van der Waals surface area contributed by atoms with Crippen LogP contribution in [0.5, 0.6) is 0 Å². The Kier molecular flexibility index (Phi) is 6.78. The summed E-state index contributed by atoms with van der Waals surface area (Å²) in [6.45, 7) is 0. The Morgan fingerprint density at radius 3 is 1.92 bits per heavy atom. The molecule has 2 aromatic heterocycles. The molecule has 10 aromatic rings. The van der Waals surface area contributed by atoms with Gasteiger partial charge in [0.05, 0.1) is 0 Å². The van der Waals surface area contributed by atoms with Crippen LogP contribution in [0, 0.1) is 0 Å². The van der Waals surface area contributed by atoms with Crippen molar-refractivity contribution in [2.75, 3.05) is 4.90 Å². The van der Waals surface area contributed by atoms with Crippen molar-refractivity contribution >= 4 is 60.9 Å². The van der Waals surface area contributed by atoms with Crippen molar-refractivity contribution in [3.05, 3.63) is 182 Å². The second-order valence-corrected chi connectivity index (χ2v) is 12.8. The van der Waals surface area contributed by atoms with Crippen molar-refractivity contribution in [3.8, 4) is 33.7 Å². The van der Waals surface area contributed by atoms with Crippen LogP contribution in [-0.4, -0.2) is 4.98 Å². The Bertz CT molecular complexity index is 2850. The summed E-state index contributed by atoms with van der Waals surface area (Å²) in [5, 5.41) is 4.42. The van der Waals surface area contributed by atoms with Gasteiger partial charge in [-0.15, -0.1) is 0 Å². The first-order chi connectivity index (χ1) is 25.3. The predicted octanol–water partition coefficient (Wildman–Crippen LogP) is 13.4. The SMILES string of the molecule is c1ccc(-c2cccc(N(c3cccc(-c4cccc5ccccc45)c3)c3ccc4oc5cccc(-c6nc7ccccc7o6)c5c4c3)c2)cc1. The molecular weight excluding hydrogens is 625 g/mol. The Labute approximate surface area is 294 Å². The molecule has 51 heavy (non-hydrogen) atoms. The molecule has 0 amide bonds. The van der Waals surface area contributed by atoms with Crippen LogP contribution in [0.25, 0.3) is 77.5 Å². The Hall–Kier alpha value is -6.91. The zero-order chi connectivity index (χ0) is 33.7. The molecule has 0 N–H and O–H groups in total. The van der Waals surface area contributed by atoms with Crippen molar-refractivity contribution in [2.24, 2.45) is 0 Å². The number of hydrogen-bond donors (Lipinski definition) is 0. The van der Waals surface area contributed by atoms with Crippen molar-refractivity contribution < 1.29 is 8.83 Å². The van der Waals surface area contributed by atoms with Gasteiger partial charge in [-0.05, 0) is 99.8 Å². The zero-order valence-corrected chi connectivity index (χ0v) is 27.5. The lowest BCUT2D eigenvalue weighted by molar-refractivity contribution is 0.620. The van der Waals surface area contributed by atoms with Gasteiger partial charge in [-0.25, -0.2) is 4.98 Å². The zero-order valence-electron chi connectivity index (χ0n) is 27.5. The fraction of sp³-hybridized carbons (Fsp3) is 0. The van der Waals surface area contributed by atoms with Gasteiger partial charge in [0, 0.05) is 33.4 Å². The molecule has 0 aliphatic heterocycles. The highest BCUT2D eigenvalue weighted by atomic mass is 16.3. The van der Waals surface area contributed by atoms with Crippen LogP contribution < -0.4 is 4.90 Å². The lowest BCUT2D eigenvalue weighted by Crippen LogP contribution is -2.10. The largest absolute Gasteiger partial charge is 0.456 e. The highest BCUT2D eigenvalue weighted by molar-refractivity contribution is 6.13. The first-order valence-electron chi connectivity index (χ1n) is 17.1. The van der Waals surface area contributed by atoms with Gasteiger partial charge >= 0.3 is 0 Å². The van der Waals surface area contributed by atoms with Gasteiger partial charge in [-0.3, -0.25) is 0 Å². The average Bonchev–Trinajstić information content (AvgIpc) is 3.80. The Morgan fingerprint density at radius 1 is 0.392 bits per heavy atom. The Balaban J connectivity index is 1.18. The molecule has 4 heteroatoms. The molecule has 0 aliphatic carbocycles. The first kappa shape index (κ1) is 29.0. The van der Waals surface area contributed by atoms with Crippen molar-refractivity contribution in [2.45, 2.75) is 0 Å². The van der Waals surface area contributed by atoms with Gasteiger partial charge in [-0.1, -0.05) is 115 Å². The normalized spacial score (nSPS) is 11.5. The van der Waals surface area contributed by atoms with Crippen LogP contribution >= 0.6 is 0 Å². The quantitative estimate of drug-likeness (QED) is 0.179. The third-order valence-corrected chi connectivity index (χ3v) is 9.68. The van der Waals surface area contributed by atoms with Gasteiger partial charge in [0.1, 0.15) is 16.7 Å². The third kappa shape index (κ3) is 5.04. The number of oxazole rings is 1. The van der Waals surface area contributed by atoms with E-state index < -0.39 is 0 Å². The van der Waals surface area contributed by atoms with Gasteiger partial charge < -0.3 is 13.7 Å². The van der Waals surface area contributed by atoms with Gasteiger partial charge in [0.2, 0.25) is 5.89 Å². The smallest absolute Gasteiger partial charge is 0.228 e. The number of para-hydroxylation sites is 2. The number of aromatic nitrogens is 1. The standard InChI is InChI=1S/C47H30N2O2/c1-2-12-31(13-3-1)33-16-8-18-35(28-33)49(36-19-9-17-34(29-36)39-21-10-15-32-14-4-5-20-38(32)39)37-26-27-43-41(30-37)46-40(22-11-25-45(46)50-43)47-48-42-23-6-7-24-44(42)51-47/h1-30H. The number of hydrogen-bond acceptors (Lipinski definition) is 4. The number of benzene rings is 8. The highest BCUT2D eigenvalue weighted by Gasteiger charge is 2.20. The summed E-state index contributed by atoms with van der Waals surface area (Å²) in [4.78, 5) is 7.19. The van der Waals surface area contributed by atoms with Crippen molar-refractivity contribution in [3.63, 3.8) is 0 Å². The first-order valence-corrected chi connectivity index (χ1v) is 17.1. The monoisotopic (exact) mass is 654 g/mol. The van der Waals surface area contributed by atoms with E-state index in [1.54, 1.807) is 0 Å². The molecule has 0 spiro atoms. The summed E-state index contributed by atoms with van der Waals surface area (Å²) in [7, 11) is 0. The van der Waals surface area contributed by atoms with Gasteiger partial charge in [0.15, 0.2) is 5.58 Å². The lowest BCUT2D eigenvalue weighted by atomic mass is 9.97. The fourth-order valence-electron chi connectivity index (χ4n) is 7.31. The second kappa shape index (κ2) is 11.9. The van der Waals surface area contributed by atoms with Crippen LogP contribution in [0.3, 0.4) is 0 Å². The lowest BCUT2D eigenvalue weighted by Gasteiger charge is -2.27. The van der Waals surface area contributed by atoms with E-state index in [1.807, 2.05) is 36.4 Å². The molecule has 0 radical (unpaired) electrons. The van der Waals surface area contributed by atoms with E-state index in [1.165, 1.54) is 21.9 Å². The van der Waals surface area contributed by atoms with E-state index >= 15 is 0 Å². The summed E-state index contributed by atoms with van der Waals surface area (Å²) in [6.07, 6.45) is 0. The highest BCUT2D eigenvalue weighted by Crippen LogP contribution is 2.43. The summed E-state index contributed by atoms with van der Waals surface area (Å²) in [5.41, 5.74) is 11.9. The van der Waals surface area contributed by atoms with Crippen LogP contribution in [0.2, 0.25) is 0 Å². The minimum absolute atomic E-state index is 0.574. The minimum Gasteiger partial charge on any atom is -0.456 e. The molecule has 0 bridgehead atoms. The molecule has 0 atom stereocenters. The predicted molar refractivity (Wildman–Crippen MR) is 210 cm³/mol. The molecule has 0 saturated heterocycles. The van der Waals surface area contributed by atoms with Crippen LogP contribution in [0.15, 0.2) is 191 Å².